The van der Waals surface area contributed by atoms with Crippen LogP contribution in [0.25, 0.3) is 5.65 Å². The third kappa shape index (κ3) is 4.96. The molecular weight excluding hydrogens is 301 g/mol. The van der Waals surface area contributed by atoms with Gasteiger partial charge in [0.05, 0.1) is 5.56 Å². The Morgan fingerprint density at radius 3 is 2.80 bits per heavy atom. The molecule has 0 atom stereocenters. The van der Waals surface area contributed by atoms with Crippen LogP contribution in [-0.4, -0.2) is 40.1 Å². The summed E-state index contributed by atoms with van der Waals surface area (Å²) in [6, 6.07) is 3.52. The highest BCUT2D eigenvalue weighted by atomic mass is 35.5. The first-order chi connectivity index (χ1) is 8.81. The molecule has 112 valence electrons. The summed E-state index contributed by atoms with van der Waals surface area (Å²) in [6.07, 6.45) is 4.40. The second-order valence-corrected chi connectivity index (χ2v) is 4.02. The maximum atomic E-state index is 11.8. The highest BCUT2D eigenvalue weighted by molar-refractivity contribution is 5.94. The standard InChI is InChI=1S/C12H17N5O.2ClH/c1-2-5-13-6-7-14-12(18)10-3-4-11-16-15-9-17(11)8-10;;/h3-4,8-9,13H,2,5-7H2,1H3,(H,14,18);2*1H. The van der Waals surface area contributed by atoms with E-state index in [4.69, 9.17) is 0 Å². The molecule has 0 aliphatic heterocycles. The Morgan fingerprint density at radius 2 is 2.05 bits per heavy atom. The van der Waals surface area contributed by atoms with Gasteiger partial charge in [-0.2, -0.15) is 0 Å². The van der Waals surface area contributed by atoms with Crippen molar-refractivity contribution in [2.45, 2.75) is 13.3 Å². The predicted octanol–water partition coefficient (Wildman–Crippen LogP) is 1.30. The lowest BCUT2D eigenvalue weighted by atomic mass is 10.2. The SMILES string of the molecule is CCCNCCNC(=O)c1ccc2nncn2c1.Cl.Cl. The topological polar surface area (TPSA) is 71.3 Å². The second-order valence-electron chi connectivity index (χ2n) is 4.02. The monoisotopic (exact) mass is 319 g/mol. The van der Waals surface area contributed by atoms with E-state index >= 15 is 0 Å². The number of fused-ring (bicyclic) bond motifs is 1. The third-order valence-electron chi connectivity index (χ3n) is 2.57. The van der Waals surface area contributed by atoms with Gasteiger partial charge < -0.3 is 10.6 Å². The number of nitrogens with zero attached hydrogens (tertiary/aromatic N) is 3. The first-order valence-corrected chi connectivity index (χ1v) is 6.09. The molecule has 0 saturated carbocycles. The average molecular weight is 320 g/mol. The minimum absolute atomic E-state index is 0. The summed E-state index contributed by atoms with van der Waals surface area (Å²) >= 11 is 0. The van der Waals surface area contributed by atoms with Gasteiger partial charge in [-0.05, 0) is 25.1 Å². The molecule has 1 amide bonds. The minimum Gasteiger partial charge on any atom is -0.351 e. The Labute approximate surface area is 130 Å². The van der Waals surface area contributed by atoms with Gasteiger partial charge in [0, 0.05) is 19.3 Å². The van der Waals surface area contributed by atoms with Crippen molar-refractivity contribution < 1.29 is 4.79 Å². The van der Waals surface area contributed by atoms with E-state index in [1.54, 1.807) is 29.1 Å². The molecule has 8 heteroatoms. The summed E-state index contributed by atoms with van der Waals surface area (Å²) < 4.78 is 1.73. The summed E-state index contributed by atoms with van der Waals surface area (Å²) in [4.78, 5) is 11.8. The van der Waals surface area contributed by atoms with Crippen LogP contribution in [0.1, 0.15) is 23.7 Å². The van der Waals surface area contributed by atoms with Crippen LogP contribution >= 0.6 is 24.8 Å². The largest absolute Gasteiger partial charge is 0.351 e. The van der Waals surface area contributed by atoms with E-state index in [-0.39, 0.29) is 30.7 Å². The molecule has 2 aromatic heterocycles. The Kier molecular flexibility index (Phi) is 8.87. The highest BCUT2D eigenvalue weighted by Crippen LogP contribution is 2.03. The molecule has 2 heterocycles. The van der Waals surface area contributed by atoms with Crippen LogP contribution in [0.5, 0.6) is 0 Å². The van der Waals surface area contributed by atoms with Crippen LogP contribution in [0.2, 0.25) is 0 Å². The molecule has 0 saturated heterocycles. The molecular formula is C12H19Cl2N5O. The lowest BCUT2D eigenvalue weighted by Gasteiger charge is -2.06. The van der Waals surface area contributed by atoms with Crippen molar-refractivity contribution in [1.29, 1.82) is 0 Å². The molecule has 0 fully saturated rings. The van der Waals surface area contributed by atoms with Gasteiger partial charge in [0.15, 0.2) is 5.65 Å². The van der Waals surface area contributed by atoms with E-state index in [9.17, 15) is 4.79 Å². The lowest BCUT2D eigenvalue weighted by molar-refractivity contribution is 0.0953. The smallest absolute Gasteiger partial charge is 0.252 e. The number of hydrogen-bond acceptors (Lipinski definition) is 4. The number of carbonyl (C=O) groups is 1. The van der Waals surface area contributed by atoms with Crippen LogP contribution < -0.4 is 10.6 Å². The molecule has 0 bridgehead atoms. The number of amides is 1. The molecule has 0 aliphatic rings. The number of rotatable bonds is 6. The van der Waals surface area contributed by atoms with Gasteiger partial charge in [-0.3, -0.25) is 9.20 Å². The van der Waals surface area contributed by atoms with E-state index < -0.39 is 0 Å². The molecule has 2 N–H and O–H groups in total. The minimum atomic E-state index is -0.0797. The molecule has 0 unspecified atom stereocenters. The van der Waals surface area contributed by atoms with Gasteiger partial charge in [0.1, 0.15) is 6.33 Å². The fourth-order valence-electron chi connectivity index (χ4n) is 1.63. The molecule has 6 nitrogen and oxygen atoms in total. The summed E-state index contributed by atoms with van der Waals surface area (Å²) in [5.74, 6) is -0.0797. The van der Waals surface area contributed by atoms with E-state index in [1.807, 2.05) is 0 Å². The third-order valence-corrected chi connectivity index (χ3v) is 2.57. The van der Waals surface area contributed by atoms with Gasteiger partial charge in [-0.1, -0.05) is 6.92 Å². The molecule has 2 rings (SSSR count). The maximum Gasteiger partial charge on any atom is 0.252 e. The average Bonchev–Trinajstić information content (AvgIpc) is 2.85. The normalized spacial score (nSPS) is 9.65. The first-order valence-electron chi connectivity index (χ1n) is 6.09. The summed E-state index contributed by atoms with van der Waals surface area (Å²) in [5, 5.41) is 13.7. The zero-order chi connectivity index (χ0) is 12.8. The Bertz CT molecular complexity index is 531. The molecule has 0 radical (unpaired) electrons. The number of aromatic nitrogens is 3. The van der Waals surface area contributed by atoms with Crippen molar-refractivity contribution in [3.63, 3.8) is 0 Å². The Morgan fingerprint density at radius 1 is 1.25 bits per heavy atom. The van der Waals surface area contributed by atoms with Crippen LogP contribution in [0.3, 0.4) is 0 Å². The van der Waals surface area contributed by atoms with Crippen LogP contribution in [-0.2, 0) is 0 Å². The molecule has 20 heavy (non-hydrogen) atoms. The molecule has 0 aliphatic carbocycles. The Hall–Kier alpha value is -1.37. The van der Waals surface area contributed by atoms with Gasteiger partial charge in [-0.25, -0.2) is 0 Å². The number of pyridine rings is 1. The maximum absolute atomic E-state index is 11.8. The van der Waals surface area contributed by atoms with Crippen molar-refractivity contribution in [2.24, 2.45) is 0 Å². The van der Waals surface area contributed by atoms with E-state index in [0.29, 0.717) is 12.1 Å². The summed E-state index contributed by atoms with van der Waals surface area (Å²) in [5.41, 5.74) is 1.34. The molecule has 0 spiro atoms. The zero-order valence-corrected chi connectivity index (χ0v) is 12.8. The van der Waals surface area contributed by atoms with Crippen molar-refractivity contribution in [2.75, 3.05) is 19.6 Å². The van der Waals surface area contributed by atoms with E-state index in [1.165, 1.54) is 0 Å². The quantitative estimate of drug-likeness (QED) is 0.787. The number of carbonyl (C=O) groups excluding carboxylic acids is 1. The van der Waals surface area contributed by atoms with Gasteiger partial charge in [0.25, 0.3) is 5.91 Å². The van der Waals surface area contributed by atoms with Gasteiger partial charge in [0.2, 0.25) is 0 Å². The van der Waals surface area contributed by atoms with Crippen LogP contribution in [0.15, 0.2) is 24.7 Å². The van der Waals surface area contributed by atoms with Crippen molar-refractivity contribution in [1.82, 2.24) is 25.2 Å². The lowest BCUT2D eigenvalue weighted by Crippen LogP contribution is -2.32. The summed E-state index contributed by atoms with van der Waals surface area (Å²) in [6.45, 7) is 4.50. The Balaban J connectivity index is 0.00000180. The van der Waals surface area contributed by atoms with Crippen LogP contribution in [0.4, 0.5) is 0 Å². The van der Waals surface area contributed by atoms with E-state index in [2.05, 4.69) is 27.8 Å². The fourth-order valence-corrected chi connectivity index (χ4v) is 1.63. The summed E-state index contributed by atoms with van der Waals surface area (Å²) in [7, 11) is 0. The van der Waals surface area contributed by atoms with Gasteiger partial charge >= 0.3 is 0 Å². The number of hydrogen-bond donors (Lipinski definition) is 2. The van der Waals surface area contributed by atoms with Crippen molar-refractivity contribution >= 4 is 36.4 Å². The van der Waals surface area contributed by atoms with Crippen LogP contribution in [0, 0.1) is 0 Å². The first kappa shape index (κ1) is 18.6. The van der Waals surface area contributed by atoms with Gasteiger partial charge in [-0.15, -0.1) is 35.0 Å². The fraction of sp³-hybridized carbons (Fsp3) is 0.417. The van der Waals surface area contributed by atoms with E-state index in [0.717, 1.165) is 25.2 Å². The zero-order valence-electron chi connectivity index (χ0n) is 11.2. The number of nitrogens with one attached hydrogen (secondary N) is 2. The van der Waals surface area contributed by atoms with Crippen molar-refractivity contribution in [3.8, 4) is 0 Å². The number of halogens is 2. The molecule has 2 aromatic rings. The predicted molar refractivity (Wildman–Crippen MR) is 83.0 cm³/mol. The highest BCUT2D eigenvalue weighted by Gasteiger charge is 2.05. The van der Waals surface area contributed by atoms with Crippen molar-refractivity contribution in [3.05, 3.63) is 30.2 Å². The molecule has 0 aromatic carbocycles. The second kappa shape index (κ2) is 9.52.